The van der Waals surface area contributed by atoms with Gasteiger partial charge in [0.05, 0.1) is 26.7 Å². The first kappa shape index (κ1) is 20.1. The molecule has 31 heavy (non-hydrogen) atoms. The van der Waals surface area contributed by atoms with E-state index >= 15 is 0 Å². The second kappa shape index (κ2) is 8.76. The largest absolute Gasteiger partial charge is 0.342 e. The molecule has 2 aromatic heterocycles. The summed E-state index contributed by atoms with van der Waals surface area (Å²) in [5.41, 5.74) is 1.43. The van der Waals surface area contributed by atoms with Crippen LogP contribution in [0.5, 0.6) is 0 Å². The molecule has 0 N–H and O–H groups in total. The van der Waals surface area contributed by atoms with Crippen molar-refractivity contribution in [1.82, 2.24) is 24.6 Å². The van der Waals surface area contributed by atoms with Crippen LogP contribution in [0.3, 0.4) is 0 Å². The van der Waals surface area contributed by atoms with Crippen LogP contribution in [0.4, 0.5) is 4.39 Å². The zero-order valence-corrected chi connectivity index (χ0v) is 18.3. The van der Waals surface area contributed by atoms with Crippen molar-refractivity contribution in [2.75, 3.05) is 18.8 Å². The maximum atomic E-state index is 14.1. The van der Waals surface area contributed by atoms with Gasteiger partial charge in [-0.05, 0) is 37.1 Å². The van der Waals surface area contributed by atoms with E-state index in [1.54, 1.807) is 34.1 Å². The standard InChI is InChI=1S/C22H20FN5OS2/c23-16-5-1-3-7-18(16)28-14-24-26-22(28)30-13-20(29)27-11-9-15(10-12-27)21-25-17-6-2-4-8-19(17)31-21/h1-8,14-15H,9-13H2. The van der Waals surface area contributed by atoms with Gasteiger partial charge in [0.2, 0.25) is 5.91 Å². The molecule has 6 nitrogen and oxygen atoms in total. The maximum absolute atomic E-state index is 14.1. The number of para-hydroxylation sites is 2. The van der Waals surface area contributed by atoms with Crippen LogP contribution >= 0.6 is 23.1 Å². The molecule has 2 aromatic carbocycles. The zero-order chi connectivity index (χ0) is 21.2. The Morgan fingerprint density at radius 2 is 1.90 bits per heavy atom. The maximum Gasteiger partial charge on any atom is 0.233 e. The molecule has 9 heteroatoms. The molecule has 1 aliphatic heterocycles. The summed E-state index contributed by atoms with van der Waals surface area (Å²) < 4.78 is 16.9. The van der Waals surface area contributed by atoms with E-state index in [1.807, 2.05) is 23.1 Å². The fraction of sp³-hybridized carbons (Fsp3) is 0.273. The Morgan fingerprint density at radius 3 is 2.71 bits per heavy atom. The number of thiazole rings is 1. The van der Waals surface area contributed by atoms with E-state index < -0.39 is 0 Å². The van der Waals surface area contributed by atoms with Crippen LogP contribution in [0.2, 0.25) is 0 Å². The predicted molar refractivity (Wildman–Crippen MR) is 120 cm³/mol. The van der Waals surface area contributed by atoms with Gasteiger partial charge in [-0.1, -0.05) is 36.0 Å². The Hall–Kier alpha value is -2.78. The Morgan fingerprint density at radius 1 is 1.13 bits per heavy atom. The van der Waals surface area contributed by atoms with E-state index in [4.69, 9.17) is 4.98 Å². The number of piperidine rings is 1. The summed E-state index contributed by atoms with van der Waals surface area (Å²) in [6.07, 6.45) is 3.30. The van der Waals surface area contributed by atoms with E-state index in [0.29, 0.717) is 16.8 Å². The number of fused-ring (bicyclic) bond motifs is 1. The van der Waals surface area contributed by atoms with Gasteiger partial charge in [-0.25, -0.2) is 9.37 Å². The number of nitrogens with zero attached hydrogens (tertiary/aromatic N) is 5. The highest BCUT2D eigenvalue weighted by molar-refractivity contribution is 7.99. The van der Waals surface area contributed by atoms with E-state index in [9.17, 15) is 9.18 Å². The number of halogens is 1. The lowest BCUT2D eigenvalue weighted by Crippen LogP contribution is -2.39. The molecule has 1 aliphatic rings. The average Bonchev–Trinajstić information content (AvgIpc) is 3.45. The predicted octanol–water partition coefficient (Wildman–Crippen LogP) is 4.51. The highest BCUT2D eigenvalue weighted by Crippen LogP contribution is 2.34. The lowest BCUT2D eigenvalue weighted by atomic mass is 9.97. The summed E-state index contributed by atoms with van der Waals surface area (Å²) in [6.45, 7) is 1.44. The molecule has 1 fully saturated rings. The molecule has 0 radical (unpaired) electrons. The van der Waals surface area contributed by atoms with Gasteiger partial charge >= 0.3 is 0 Å². The lowest BCUT2D eigenvalue weighted by molar-refractivity contribution is -0.129. The van der Waals surface area contributed by atoms with Gasteiger partial charge < -0.3 is 4.90 Å². The monoisotopic (exact) mass is 453 g/mol. The molecule has 0 aliphatic carbocycles. The van der Waals surface area contributed by atoms with Crippen molar-refractivity contribution in [2.45, 2.75) is 23.9 Å². The van der Waals surface area contributed by atoms with Crippen LogP contribution in [0.15, 0.2) is 60.0 Å². The third-order valence-corrected chi connectivity index (χ3v) is 7.59. The number of hydrogen-bond acceptors (Lipinski definition) is 6. The van der Waals surface area contributed by atoms with E-state index in [2.05, 4.69) is 16.3 Å². The van der Waals surface area contributed by atoms with Crippen molar-refractivity contribution in [3.05, 3.63) is 65.7 Å². The molecule has 5 rings (SSSR count). The molecule has 1 saturated heterocycles. The number of likely N-dealkylation sites (tertiary alicyclic amines) is 1. The summed E-state index contributed by atoms with van der Waals surface area (Å²) >= 11 is 3.04. The minimum atomic E-state index is -0.354. The molecule has 0 spiro atoms. The van der Waals surface area contributed by atoms with Gasteiger partial charge in [-0.2, -0.15) is 0 Å². The molecule has 158 valence electrons. The Balaban J connectivity index is 1.18. The van der Waals surface area contributed by atoms with Crippen LogP contribution < -0.4 is 0 Å². The number of rotatable bonds is 5. The Kier molecular flexibility index (Phi) is 5.69. The second-order valence-corrected chi connectivity index (χ2v) is 9.40. The number of thioether (sulfide) groups is 1. The first-order valence-corrected chi connectivity index (χ1v) is 11.9. The molecule has 3 heterocycles. The normalized spacial score (nSPS) is 14.9. The first-order chi connectivity index (χ1) is 15.2. The molecule has 1 amide bonds. The van der Waals surface area contributed by atoms with Crippen molar-refractivity contribution in [2.24, 2.45) is 0 Å². The highest BCUT2D eigenvalue weighted by Gasteiger charge is 2.26. The number of carbonyl (C=O) groups excluding carboxylic acids is 1. The molecule has 0 saturated carbocycles. The number of hydrogen-bond donors (Lipinski definition) is 0. The van der Waals surface area contributed by atoms with Crippen LogP contribution in [-0.2, 0) is 4.79 Å². The van der Waals surface area contributed by atoms with Gasteiger partial charge in [0, 0.05) is 19.0 Å². The van der Waals surface area contributed by atoms with Crippen molar-refractivity contribution in [1.29, 1.82) is 0 Å². The Labute approximate surface area is 187 Å². The van der Waals surface area contributed by atoms with Gasteiger partial charge in [0.1, 0.15) is 12.1 Å². The van der Waals surface area contributed by atoms with Gasteiger partial charge in [-0.3, -0.25) is 9.36 Å². The van der Waals surface area contributed by atoms with Gasteiger partial charge in [0.25, 0.3) is 0 Å². The van der Waals surface area contributed by atoms with E-state index in [-0.39, 0.29) is 17.5 Å². The summed E-state index contributed by atoms with van der Waals surface area (Å²) in [6, 6.07) is 14.7. The number of carbonyl (C=O) groups is 1. The highest BCUT2D eigenvalue weighted by atomic mass is 32.2. The van der Waals surface area contributed by atoms with Crippen LogP contribution in [0.1, 0.15) is 23.8 Å². The zero-order valence-electron chi connectivity index (χ0n) is 16.6. The van der Waals surface area contributed by atoms with E-state index in [1.165, 1.54) is 33.9 Å². The average molecular weight is 454 g/mol. The molecule has 4 aromatic rings. The fourth-order valence-electron chi connectivity index (χ4n) is 3.79. The number of benzene rings is 2. The summed E-state index contributed by atoms with van der Waals surface area (Å²) in [4.78, 5) is 19.4. The fourth-order valence-corrected chi connectivity index (χ4v) is 5.75. The number of amides is 1. The summed E-state index contributed by atoms with van der Waals surface area (Å²) in [5, 5.41) is 9.61. The van der Waals surface area contributed by atoms with Crippen LogP contribution in [-0.4, -0.2) is 49.4 Å². The molecular weight excluding hydrogens is 433 g/mol. The second-order valence-electron chi connectivity index (χ2n) is 7.40. The lowest BCUT2D eigenvalue weighted by Gasteiger charge is -2.31. The van der Waals surface area contributed by atoms with E-state index in [0.717, 1.165) is 31.4 Å². The molecule has 0 bridgehead atoms. The third-order valence-electron chi connectivity index (χ3n) is 5.46. The minimum Gasteiger partial charge on any atom is -0.342 e. The quantitative estimate of drug-likeness (QED) is 0.416. The smallest absolute Gasteiger partial charge is 0.233 e. The summed E-state index contributed by atoms with van der Waals surface area (Å²) in [5.74, 6) is 0.361. The van der Waals surface area contributed by atoms with Crippen LogP contribution in [0.25, 0.3) is 15.9 Å². The van der Waals surface area contributed by atoms with Crippen molar-refractivity contribution < 1.29 is 9.18 Å². The third kappa shape index (κ3) is 4.20. The number of aromatic nitrogens is 4. The SMILES string of the molecule is O=C(CSc1nncn1-c1ccccc1F)N1CCC(c2nc3ccccc3s2)CC1. The van der Waals surface area contributed by atoms with Crippen molar-refractivity contribution >= 4 is 39.2 Å². The van der Waals surface area contributed by atoms with Crippen molar-refractivity contribution in [3.8, 4) is 5.69 Å². The van der Waals surface area contributed by atoms with Gasteiger partial charge in [0.15, 0.2) is 5.16 Å². The molecule has 0 atom stereocenters. The van der Waals surface area contributed by atoms with Crippen molar-refractivity contribution in [3.63, 3.8) is 0 Å². The summed E-state index contributed by atoms with van der Waals surface area (Å²) in [7, 11) is 0. The Bertz CT molecular complexity index is 1180. The molecule has 0 unspecified atom stereocenters. The minimum absolute atomic E-state index is 0.0656. The first-order valence-electron chi connectivity index (χ1n) is 10.1. The van der Waals surface area contributed by atoms with Crippen LogP contribution in [0, 0.1) is 5.82 Å². The topological polar surface area (TPSA) is 63.9 Å². The molecular formula is C22H20FN5OS2. The van der Waals surface area contributed by atoms with Gasteiger partial charge in [-0.15, -0.1) is 21.5 Å².